The molecule has 5 heteroatoms. The van der Waals surface area contributed by atoms with Crippen LogP contribution < -0.4 is 4.90 Å². The van der Waals surface area contributed by atoms with Gasteiger partial charge in [0.1, 0.15) is 0 Å². The van der Waals surface area contributed by atoms with Crippen LogP contribution in [0.4, 0.5) is 5.95 Å². The lowest BCUT2D eigenvalue weighted by Gasteiger charge is -2.60. The molecule has 2 heterocycles. The lowest BCUT2D eigenvalue weighted by atomic mass is 9.52. The van der Waals surface area contributed by atoms with Gasteiger partial charge in [-0.05, 0) is 68.3 Å². The first kappa shape index (κ1) is 16.9. The summed E-state index contributed by atoms with van der Waals surface area (Å²) in [6.45, 7) is 5.99. The number of hydrogen-bond acceptors (Lipinski definition) is 5. The van der Waals surface area contributed by atoms with Crippen molar-refractivity contribution < 1.29 is 9.84 Å². The van der Waals surface area contributed by atoms with Crippen LogP contribution in [0, 0.1) is 17.8 Å². The van der Waals surface area contributed by atoms with Gasteiger partial charge in [-0.25, -0.2) is 9.97 Å². The van der Waals surface area contributed by atoms with Crippen molar-refractivity contribution in [1.82, 2.24) is 9.97 Å². The maximum absolute atomic E-state index is 11.0. The van der Waals surface area contributed by atoms with Crippen LogP contribution in [0.1, 0.15) is 64.0 Å². The topological polar surface area (TPSA) is 58.5 Å². The van der Waals surface area contributed by atoms with Gasteiger partial charge in [-0.2, -0.15) is 0 Å². The zero-order valence-corrected chi connectivity index (χ0v) is 16.0. The molecule has 4 saturated carbocycles. The number of ether oxygens (including phenoxy) is 1. The molecule has 1 aromatic heterocycles. The van der Waals surface area contributed by atoms with Gasteiger partial charge in [0, 0.05) is 24.5 Å². The van der Waals surface area contributed by atoms with E-state index in [0.29, 0.717) is 29.8 Å². The predicted octanol–water partition coefficient (Wildman–Crippen LogP) is 3.13. The van der Waals surface area contributed by atoms with E-state index in [4.69, 9.17) is 14.7 Å². The molecule has 1 aliphatic heterocycles. The monoisotopic (exact) mass is 357 g/mol. The molecule has 6 rings (SSSR count). The van der Waals surface area contributed by atoms with E-state index in [1.54, 1.807) is 0 Å². The minimum Gasteiger partial charge on any atom is -0.390 e. The van der Waals surface area contributed by atoms with Crippen molar-refractivity contribution in [3.05, 3.63) is 18.0 Å². The number of rotatable bonds is 4. The molecule has 2 unspecified atom stereocenters. The molecular weight excluding hydrogens is 326 g/mol. The molecule has 1 aromatic rings. The Hall–Kier alpha value is -1.20. The van der Waals surface area contributed by atoms with Crippen molar-refractivity contribution in [1.29, 1.82) is 0 Å². The molecule has 5 aliphatic rings. The molecule has 3 atom stereocenters. The summed E-state index contributed by atoms with van der Waals surface area (Å²) in [4.78, 5) is 12.2. The summed E-state index contributed by atoms with van der Waals surface area (Å²) < 4.78 is 5.75. The smallest absolute Gasteiger partial charge is 0.226 e. The van der Waals surface area contributed by atoms with Crippen molar-refractivity contribution in [2.75, 3.05) is 18.1 Å². The van der Waals surface area contributed by atoms with Crippen LogP contribution in [0.2, 0.25) is 0 Å². The van der Waals surface area contributed by atoms with Crippen molar-refractivity contribution >= 4 is 5.95 Å². The minimum atomic E-state index is -0.397. The zero-order valence-electron chi connectivity index (χ0n) is 16.0. The molecule has 0 radical (unpaired) electrons. The second kappa shape index (κ2) is 6.16. The maximum Gasteiger partial charge on any atom is 0.226 e. The molecule has 1 N–H and O–H groups in total. The van der Waals surface area contributed by atoms with Crippen LogP contribution in [0.3, 0.4) is 0 Å². The highest BCUT2D eigenvalue weighted by molar-refractivity contribution is 5.37. The van der Waals surface area contributed by atoms with Gasteiger partial charge in [0.15, 0.2) is 0 Å². The average Bonchev–Trinajstić information content (AvgIpc) is 3.10. The molecule has 1 saturated heterocycles. The lowest BCUT2D eigenvalue weighted by molar-refractivity contribution is -0.134. The first-order valence-electron chi connectivity index (χ1n) is 10.4. The highest BCUT2D eigenvalue weighted by Gasteiger charge is 2.57. The second-order valence-electron chi connectivity index (χ2n) is 9.55. The highest BCUT2D eigenvalue weighted by atomic mass is 16.5. The van der Waals surface area contributed by atoms with Gasteiger partial charge < -0.3 is 14.7 Å². The first-order chi connectivity index (χ1) is 12.5. The van der Waals surface area contributed by atoms with Gasteiger partial charge in [-0.3, -0.25) is 0 Å². The summed E-state index contributed by atoms with van der Waals surface area (Å²) in [5.74, 6) is 3.14. The summed E-state index contributed by atoms with van der Waals surface area (Å²) in [5.41, 5.74) is 0.715. The number of aliphatic hydroxyl groups is 1. The largest absolute Gasteiger partial charge is 0.390 e. The number of anilines is 1. The van der Waals surface area contributed by atoms with Crippen LogP contribution >= 0.6 is 0 Å². The van der Waals surface area contributed by atoms with Crippen LogP contribution in [-0.4, -0.2) is 46.0 Å². The molecule has 26 heavy (non-hydrogen) atoms. The average molecular weight is 357 g/mol. The molecule has 5 fully saturated rings. The summed E-state index contributed by atoms with van der Waals surface area (Å²) in [6, 6.07) is 2.87. The quantitative estimate of drug-likeness (QED) is 0.897. The van der Waals surface area contributed by atoms with Gasteiger partial charge in [0.05, 0.1) is 18.2 Å². The number of nitrogens with zero attached hydrogens (tertiary/aromatic N) is 3. The number of aromatic nitrogens is 2. The van der Waals surface area contributed by atoms with Gasteiger partial charge in [-0.1, -0.05) is 13.8 Å². The molecule has 0 aromatic carbocycles. The Bertz CT molecular complexity index is 657. The van der Waals surface area contributed by atoms with Crippen LogP contribution in [0.15, 0.2) is 12.3 Å². The molecule has 4 aliphatic carbocycles. The van der Waals surface area contributed by atoms with Crippen molar-refractivity contribution in [3.63, 3.8) is 0 Å². The Kier molecular flexibility index (Phi) is 4.02. The lowest BCUT2D eigenvalue weighted by Crippen LogP contribution is -2.64. The van der Waals surface area contributed by atoms with Crippen molar-refractivity contribution in [2.24, 2.45) is 17.8 Å². The molecule has 0 spiro atoms. The van der Waals surface area contributed by atoms with E-state index in [-0.39, 0.29) is 0 Å². The first-order valence-corrected chi connectivity index (χ1v) is 10.4. The minimum absolute atomic E-state index is 0.370. The Morgan fingerprint density at radius 3 is 2.62 bits per heavy atom. The fourth-order valence-corrected chi connectivity index (χ4v) is 6.50. The van der Waals surface area contributed by atoms with Crippen LogP contribution in [0.5, 0.6) is 0 Å². The molecular formula is C21H31N3O2. The second-order valence-corrected chi connectivity index (χ2v) is 9.55. The van der Waals surface area contributed by atoms with E-state index in [1.807, 2.05) is 12.3 Å². The van der Waals surface area contributed by atoms with E-state index in [0.717, 1.165) is 56.5 Å². The fourth-order valence-electron chi connectivity index (χ4n) is 6.50. The summed E-state index contributed by atoms with van der Waals surface area (Å²) in [7, 11) is 0. The van der Waals surface area contributed by atoms with E-state index >= 15 is 0 Å². The zero-order chi connectivity index (χ0) is 17.9. The van der Waals surface area contributed by atoms with E-state index < -0.39 is 5.60 Å². The maximum atomic E-state index is 11.0. The van der Waals surface area contributed by atoms with Gasteiger partial charge in [0.25, 0.3) is 0 Å². The molecule has 142 valence electrons. The Morgan fingerprint density at radius 1 is 1.23 bits per heavy atom. The molecule has 5 nitrogen and oxygen atoms in total. The summed E-state index contributed by atoms with van der Waals surface area (Å²) >= 11 is 0. The van der Waals surface area contributed by atoms with Gasteiger partial charge in [-0.15, -0.1) is 0 Å². The predicted molar refractivity (Wildman–Crippen MR) is 100 cm³/mol. The Balaban J connectivity index is 1.52. The Morgan fingerprint density at radius 2 is 2.00 bits per heavy atom. The van der Waals surface area contributed by atoms with Crippen LogP contribution in [-0.2, 0) is 4.74 Å². The van der Waals surface area contributed by atoms with E-state index in [1.165, 1.54) is 12.8 Å². The Labute approximate surface area is 156 Å². The SMILES string of the molecule is CC(C)c1ccnc(N(C2C3CC4CC2CC(O)(C4)C3)[C@H]2CCOC2)n1. The number of hydrogen-bond donors (Lipinski definition) is 1. The van der Waals surface area contributed by atoms with Crippen molar-refractivity contribution in [3.8, 4) is 0 Å². The van der Waals surface area contributed by atoms with E-state index in [2.05, 4.69) is 18.7 Å². The molecule has 0 amide bonds. The highest BCUT2D eigenvalue weighted by Crippen LogP contribution is 2.57. The fraction of sp³-hybridized carbons (Fsp3) is 0.810. The third-order valence-corrected chi connectivity index (χ3v) is 7.30. The van der Waals surface area contributed by atoms with Crippen LogP contribution in [0.25, 0.3) is 0 Å². The molecule has 4 bridgehead atoms. The van der Waals surface area contributed by atoms with E-state index in [9.17, 15) is 5.11 Å². The third-order valence-electron chi connectivity index (χ3n) is 7.30. The summed E-state index contributed by atoms with van der Waals surface area (Å²) in [6.07, 6.45) is 8.44. The van der Waals surface area contributed by atoms with Crippen molar-refractivity contribution in [2.45, 2.75) is 76.0 Å². The standard InChI is InChI=1S/C21H31N3O2/c1-13(2)18-3-5-22-20(23-18)24(17-4-6-26-12-17)19-15-7-14-8-16(19)11-21(25,9-14)10-15/h3,5,13-17,19,25H,4,6-12H2,1-2H3/t14?,15?,16?,17-,19?,21?/m0/s1. The third kappa shape index (κ3) is 2.75. The summed E-state index contributed by atoms with van der Waals surface area (Å²) in [5, 5.41) is 11.0. The normalized spacial score (nSPS) is 41.2. The van der Waals surface area contributed by atoms with Gasteiger partial charge in [0.2, 0.25) is 5.95 Å². The van der Waals surface area contributed by atoms with Gasteiger partial charge >= 0.3 is 0 Å².